The third-order valence-electron chi connectivity index (χ3n) is 4.37. The van der Waals surface area contributed by atoms with Crippen LogP contribution in [0.4, 0.5) is 5.82 Å². The SMILES string of the molecule is CNc1ccn(CCCCCCC2CCCCC2)n1. The number of hydrogen-bond acceptors (Lipinski definition) is 2. The summed E-state index contributed by atoms with van der Waals surface area (Å²) in [5.74, 6) is 2.02. The molecule has 1 aromatic rings. The average Bonchev–Trinajstić information content (AvgIpc) is 2.92. The molecule has 0 atom stereocenters. The van der Waals surface area contributed by atoms with Crippen LogP contribution in [0.3, 0.4) is 0 Å². The lowest BCUT2D eigenvalue weighted by molar-refractivity contribution is 0.327. The first-order valence-corrected chi connectivity index (χ1v) is 8.09. The number of nitrogens with one attached hydrogen (secondary N) is 1. The first-order valence-electron chi connectivity index (χ1n) is 8.09. The molecule has 0 radical (unpaired) electrons. The van der Waals surface area contributed by atoms with E-state index in [1.165, 1.54) is 64.2 Å². The highest BCUT2D eigenvalue weighted by atomic mass is 15.3. The number of rotatable bonds is 8. The summed E-state index contributed by atoms with van der Waals surface area (Å²) in [6.45, 7) is 1.06. The van der Waals surface area contributed by atoms with E-state index in [1.807, 2.05) is 17.8 Å². The van der Waals surface area contributed by atoms with Crippen molar-refractivity contribution in [2.24, 2.45) is 5.92 Å². The maximum absolute atomic E-state index is 4.43. The molecule has 1 aliphatic rings. The van der Waals surface area contributed by atoms with Crippen LogP contribution >= 0.6 is 0 Å². The number of anilines is 1. The van der Waals surface area contributed by atoms with Gasteiger partial charge in [0.2, 0.25) is 0 Å². The Morgan fingerprint density at radius 2 is 1.95 bits per heavy atom. The Morgan fingerprint density at radius 3 is 2.68 bits per heavy atom. The molecule has 108 valence electrons. The Morgan fingerprint density at radius 1 is 1.16 bits per heavy atom. The molecule has 0 bridgehead atoms. The van der Waals surface area contributed by atoms with Gasteiger partial charge in [-0.15, -0.1) is 0 Å². The summed E-state index contributed by atoms with van der Waals surface area (Å²) in [4.78, 5) is 0. The molecule has 0 aromatic carbocycles. The second kappa shape index (κ2) is 8.23. The van der Waals surface area contributed by atoms with E-state index < -0.39 is 0 Å². The van der Waals surface area contributed by atoms with Crippen molar-refractivity contribution in [1.29, 1.82) is 0 Å². The Bertz CT molecular complexity index is 340. The number of aryl methyl sites for hydroxylation is 1. The molecule has 1 heterocycles. The lowest BCUT2D eigenvalue weighted by Gasteiger charge is -2.21. The van der Waals surface area contributed by atoms with Crippen molar-refractivity contribution in [2.75, 3.05) is 12.4 Å². The quantitative estimate of drug-likeness (QED) is 0.702. The normalized spacial score (nSPS) is 16.7. The van der Waals surface area contributed by atoms with Gasteiger partial charge >= 0.3 is 0 Å². The van der Waals surface area contributed by atoms with Crippen molar-refractivity contribution in [1.82, 2.24) is 9.78 Å². The maximum Gasteiger partial charge on any atom is 0.147 e. The molecule has 1 aliphatic carbocycles. The van der Waals surface area contributed by atoms with Crippen LogP contribution in [0.2, 0.25) is 0 Å². The molecule has 1 N–H and O–H groups in total. The number of hydrogen-bond donors (Lipinski definition) is 1. The molecule has 0 aliphatic heterocycles. The fourth-order valence-electron chi connectivity index (χ4n) is 3.16. The van der Waals surface area contributed by atoms with Gasteiger partial charge in [-0.3, -0.25) is 4.68 Å². The van der Waals surface area contributed by atoms with Crippen LogP contribution in [-0.4, -0.2) is 16.8 Å². The van der Waals surface area contributed by atoms with Crippen molar-refractivity contribution in [3.8, 4) is 0 Å². The van der Waals surface area contributed by atoms with Crippen LogP contribution in [0.5, 0.6) is 0 Å². The summed E-state index contributed by atoms with van der Waals surface area (Å²) in [6.07, 6.45) is 16.4. The maximum atomic E-state index is 4.43. The van der Waals surface area contributed by atoms with Gasteiger partial charge in [-0.25, -0.2) is 0 Å². The molecule has 0 spiro atoms. The molecule has 0 saturated heterocycles. The van der Waals surface area contributed by atoms with Crippen molar-refractivity contribution in [2.45, 2.75) is 70.8 Å². The molecular weight excluding hydrogens is 234 g/mol. The van der Waals surface area contributed by atoms with Crippen LogP contribution in [0.25, 0.3) is 0 Å². The molecule has 0 unspecified atom stereocenters. The standard InChI is InChI=1S/C16H29N3/c1-17-16-12-14-19(18-16)13-8-3-2-5-9-15-10-6-4-7-11-15/h12,14-15H,2-11,13H2,1H3,(H,17,18). The van der Waals surface area contributed by atoms with Crippen LogP contribution in [-0.2, 0) is 6.54 Å². The zero-order valence-corrected chi connectivity index (χ0v) is 12.4. The van der Waals surface area contributed by atoms with E-state index in [-0.39, 0.29) is 0 Å². The fraction of sp³-hybridized carbons (Fsp3) is 0.812. The number of aromatic nitrogens is 2. The van der Waals surface area contributed by atoms with Crippen LogP contribution in [0, 0.1) is 5.92 Å². The molecule has 1 aromatic heterocycles. The van der Waals surface area contributed by atoms with E-state index in [0.717, 1.165) is 18.3 Å². The number of unbranched alkanes of at least 4 members (excludes halogenated alkanes) is 3. The summed E-state index contributed by atoms with van der Waals surface area (Å²) in [5, 5.41) is 7.49. The summed E-state index contributed by atoms with van der Waals surface area (Å²) < 4.78 is 2.05. The van der Waals surface area contributed by atoms with Gasteiger partial charge in [0.25, 0.3) is 0 Å². The van der Waals surface area contributed by atoms with Crippen LogP contribution < -0.4 is 5.32 Å². The Labute approximate surface area is 117 Å². The predicted molar refractivity (Wildman–Crippen MR) is 81.4 cm³/mol. The highest BCUT2D eigenvalue weighted by Crippen LogP contribution is 2.27. The summed E-state index contributed by atoms with van der Waals surface area (Å²) >= 11 is 0. The zero-order valence-electron chi connectivity index (χ0n) is 12.4. The summed E-state index contributed by atoms with van der Waals surface area (Å²) in [7, 11) is 1.91. The van der Waals surface area contributed by atoms with Crippen molar-refractivity contribution in [3.05, 3.63) is 12.3 Å². The minimum Gasteiger partial charge on any atom is -0.372 e. The van der Waals surface area contributed by atoms with E-state index in [9.17, 15) is 0 Å². The molecule has 0 amide bonds. The Kier molecular flexibility index (Phi) is 6.25. The van der Waals surface area contributed by atoms with Crippen molar-refractivity contribution in [3.63, 3.8) is 0 Å². The van der Waals surface area contributed by atoms with E-state index in [1.54, 1.807) is 0 Å². The highest BCUT2D eigenvalue weighted by molar-refractivity contribution is 5.30. The molecule has 1 fully saturated rings. The van der Waals surface area contributed by atoms with Crippen molar-refractivity contribution >= 4 is 5.82 Å². The fourth-order valence-corrected chi connectivity index (χ4v) is 3.16. The molecule has 3 heteroatoms. The largest absolute Gasteiger partial charge is 0.372 e. The van der Waals surface area contributed by atoms with Gasteiger partial charge in [-0.05, 0) is 12.3 Å². The second-order valence-corrected chi connectivity index (χ2v) is 5.92. The zero-order chi connectivity index (χ0) is 13.3. The minimum atomic E-state index is 0.970. The van der Waals surface area contributed by atoms with Gasteiger partial charge in [0, 0.05) is 25.9 Å². The molecule has 3 nitrogen and oxygen atoms in total. The average molecular weight is 263 g/mol. The monoisotopic (exact) mass is 263 g/mol. The predicted octanol–water partition coefficient (Wildman–Crippen LogP) is 4.46. The lowest BCUT2D eigenvalue weighted by Crippen LogP contribution is -2.05. The first kappa shape index (κ1) is 14.4. The lowest BCUT2D eigenvalue weighted by atomic mass is 9.85. The molecule has 1 saturated carbocycles. The van der Waals surface area contributed by atoms with Gasteiger partial charge in [0.15, 0.2) is 0 Å². The molecular formula is C16H29N3. The molecule has 2 rings (SSSR count). The third-order valence-corrected chi connectivity index (χ3v) is 4.37. The van der Waals surface area contributed by atoms with Gasteiger partial charge in [-0.1, -0.05) is 57.8 Å². The Balaban J connectivity index is 1.47. The van der Waals surface area contributed by atoms with Gasteiger partial charge in [0.1, 0.15) is 5.82 Å². The third kappa shape index (κ3) is 5.25. The molecule has 19 heavy (non-hydrogen) atoms. The van der Waals surface area contributed by atoms with Gasteiger partial charge in [0.05, 0.1) is 0 Å². The van der Waals surface area contributed by atoms with E-state index in [0.29, 0.717) is 0 Å². The second-order valence-electron chi connectivity index (χ2n) is 5.92. The van der Waals surface area contributed by atoms with Gasteiger partial charge in [-0.2, -0.15) is 5.10 Å². The van der Waals surface area contributed by atoms with Crippen LogP contribution in [0.1, 0.15) is 64.2 Å². The smallest absolute Gasteiger partial charge is 0.147 e. The van der Waals surface area contributed by atoms with E-state index in [4.69, 9.17) is 0 Å². The summed E-state index contributed by atoms with van der Waals surface area (Å²) in [5.41, 5.74) is 0. The Hall–Kier alpha value is -0.990. The van der Waals surface area contributed by atoms with Crippen LogP contribution in [0.15, 0.2) is 12.3 Å². The van der Waals surface area contributed by atoms with Crippen molar-refractivity contribution < 1.29 is 0 Å². The van der Waals surface area contributed by atoms with Gasteiger partial charge < -0.3 is 5.32 Å². The first-order chi connectivity index (χ1) is 9.38. The van der Waals surface area contributed by atoms with E-state index in [2.05, 4.69) is 16.6 Å². The topological polar surface area (TPSA) is 29.9 Å². The number of nitrogens with zero attached hydrogens (tertiary/aromatic N) is 2. The van der Waals surface area contributed by atoms with E-state index >= 15 is 0 Å². The minimum absolute atomic E-state index is 0.970. The summed E-state index contributed by atoms with van der Waals surface area (Å²) in [6, 6.07) is 2.03. The highest BCUT2D eigenvalue weighted by Gasteiger charge is 2.12.